The molecule has 1 aliphatic heterocycles. The molecule has 3 nitrogen and oxygen atoms in total. The molecule has 0 saturated carbocycles. The molecule has 1 aromatic rings. The lowest BCUT2D eigenvalue weighted by Crippen LogP contribution is -2.52. The molecule has 0 amide bonds. The minimum absolute atomic E-state index is 0.0726. The van der Waals surface area contributed by atoms with Crippen molar-refractivity contribution in [1.29, 1.82) is 0 Å². The number of benzene rings is 1. The first-order valence-electron chi connectivity index (χ1n) is 5.77. The highest BCUT2D eigenvalue weighted by Crippen LogP contribution is 2.26. The lowest BCUT2D eigenvalue weighted by molar-refractivity contribution is 0.367. The zero-order valence-electron chi connectivity index (χ0n) is 10.5. The summed E-state index contributed by atoms with van der Waals surface area (Å²) in [6.07, 6.45) is 0. The SMILES string of the molecule is COc1cccc(C2CS(=O)CC(C)(C)N2)c1. The minimum Gasteiger partial charge on any atom is -0.497 e. The maximum atomic E-state index is 11.9. The summed E-state index contributed by atoms with van der Waals surface area (Å²) in [6.45, 7) is 4.19. The van der Waals surface area contributed by atoms with Crippen LogP contribution < -0.4 is 10.1 Å². The molecule has 0 aliphatic carbocycles. The third kappa shape index (κ3) is 3.07. The van der Waals surface area contributed by atoms with Crippen LogP contribution in [-0.4, -0.2) is 28.4 Å². The third-order valence-electron chi connectivity index (χ3n) is 2.94. The molecule has 94 valence electrons. The zero-order valence-corrected chi connectivity index (χ0v) is 11.3. The molecule has 1 fully saturated rings. The van der Waals surface area contributed by atoms with Crippen molar-refractivity contribution in [2.45, 2.75) is 25.4 Å². The summed E-state index contributed by atoms with van der Waals surface area (Å²) in [5, 5.41) is 3.54. The first-order chi connectivity index (χ1) is 8.00. The fraction of sp³-hybridized carbons (Fsp3) is 0.538. The summed E-state index contributed by atoms with van der Waals surface area (Å²) >= 11 is 0. The van der Waals surface area contributed by atoms with Crippen molar-refractivity contribution in [3.8, 4) is 5.75 Å². The van der Waals surface area contributed by atoms with E-state index >= 15 is 0 Å². The Labute approximate surface area is 105 Å². The molecular formula is C13H19NO2S. The largest absolute Gasteiger partial charge is 0.497 e. The molecule has 0 bridgehead atoms. The van der Waals surface area contributed by atoms with Crippen molar-refractivity contribution >= 4 is 10.8 Å². The number of methoxy groups -OCH3 is 1. The highest BCUT2D eigenvalue weighted by atomic mass is 32.2. The lowest BCUT2D eigenvalue weighted by atomic mass is 10.0. The number of ether oxygens (including phenoxy) is 1. The van der Waals surface area contributed by atoms with Crippen molar-refractivity contribution in [3.63, 3.8) is 0 Å². The molecule has 0 aromatic heterocycles. The third-order valence-corrected chi connectivity index (χ3v) is 4.68. The van der Waals surface area contributed by atoms with Crippen molar-refractivity contribution in [3.05, 3.63) is 29.8 Å². The Morgan fingerprint density at radius 3 is 2.88 bits per heavy atom. The molecule has 17 heavy (non-hydrogen) atoms. The van der Waals surface area contributed by atoms with E-state index in [1.807, 2.05) is 18.2 Å². The average Bonchev–Trinajstić information content (AvgIpc) is 2.26. The molecule has 2 atom stereocenters. The van der Waals surface area contributed by atoms with E-state index in [0.29, 0.717) is 11.5 Å². The second-order valence-corrected chi connectivity index (χ2v) is 6.61. The quantitative estimate of drug-likeness (QED) is 0.874. The van der Waals surface area contributed by atoms with Crippen molar-refractivity contribution in [1.82, 2.24) is 5.32 Å². The van der Waals surface area contributed by atoms with Crippen molar-refractivity contribution in [2.75, 3.05) is 18.6 Å². The standard InChI is InChI=1S/C13H19NO2S/c1-13(2)9-17(15)8-12(14-13)10-5-4-6-11(7-10)16-3/h4-7,12,14H,8-9H2,1-3H3. The predicted molar refractivity (Wildman–Crippen MR) is 70.8 cm³/mol. The smallest absolute Gasteiger partial charge is 0.119 e. The lowest BCUT2D eigenvalue weighted by Gasteiger charge is -2.36. The van der Waals surface area contributed by atoms with E-state index in [4.69, 9.17) is 4.74 Å². The Balaban J connectivity index is 2.23. The van der Waals surface area contributed by atoms with Crippen LogP contribution in [0.4, 0.5) is 0 Å². The summed E-state index contributed by atoms with van der Waals surface area (Å²) in [5.74, 6) is 2.24. The molecule has 4 heteroatoms. The van der Waals surface area contributed by atoms with Gasteiger partial charge in [0.1, 0.15) is 5.75 Å². The van der Waals surface area contributed by atoms with Gasteiger partial charge in [-0.25, -0.2) is 0 Å². The maximum absolute atomic E-state index is 11.9. The first-order valence-corrected chi connectivity index (χ1v) is 7.25. The molecule has 2 rings (SSSR count). The molecule has 1 saturated heterocycles. The number of hydrogen-bond acceptors (Lipinski definition) is 3. The van der Waals surface area contributed by atoms with Gasteiger partial charge < -0.3 is 10.1 Å². The molecule has 0 radical (unpaired) electrons. The van der Waals surface area contributed by atoms with Gasteiger partial charge in [0.15, 0.2) is 0 Å². The van der Waals surface area contributed by atoms with E-state index in [0.717, 1.165) is 11.3 Å². The second-order valence-electron chi connectivity index (χ2n) is 5.11. The van der Waals surface area contributed by atoms with Gasteiger partial charge in [0, 0.05) is 33.9 Å². The Hall–Kier alpha value is -0.870. The van der Waals surface area contributed by atoms with E-state index in [2.05, 4.69) is 25.2 Å². The predicted octanol–water partition coefficient (Wildman–Crippen LogP) is 1.87. The van der Waals surface area contributed by atoms with E-state index in [1.165, 1.54) is 0 Å². The van der Waals surface area contributed by atoms with Crippen LogP contribution in [0.5, 0.6) is 5.75 Å². The van der Waals surface area contributed by atoms with Gasteiger partial charge in [-0.05, 0) is 31.5 Å². The van der Waals surface area contributed by atoms with Crippen LogP contribution in [-0.2, 0) is 10.8 Å². The normalized spacial score (nSPS) is 27.7. The van der Waals surface area contributed by atoms with Gasteiger partial charge in [-0.1, -0.05) is 12.1 Å². The molecule has 1 heterocycles. The van der Waals surface area contributed by atoms with Gasteiger partial charge in [0.05, 0.1) is 7.11 Å². The van der Waals surface area contributed by atoms with Gasteiger partial charge in [-0.2, -0.15) is 0 Å². The zero-order chi connectivity index (χ0) is 12.5. The minimum atomic E-state index is -0.752. The molecule has 1 N–H and O–H groups in total. The summed E-state index contributed by atoms with van der Waals surface area (Å²) in [5.41, 5.74) is 1.07. The Morgan fingerprint density at radius 2 is 2.24 bits per heavy atom. The van der Waals surface area contributed by atoms with Crippen molar-refractivity contribution < 1.29 is 8.95 Å². The number of hydrogen-bond donors (Lipinski definition) is 1. The van der Waals surface area contributed by atoms with Crippen LogP contribution in [0.2, 0.25) is 0 Å². The van der Waals surface area contributed by atoms with Crippen LogP contribution in [0, 0.1) is 0 Å². The van der Waals surface area contributed by atoms with E-state index < -0.39 is 10.8 Å². The average molecular weight is 253 g/mol. The molecule has 1 aliphatic rings. The second kappa shape index (κ2) is 4.78. The highest BCUT2D eigenvalue weighted by Gasteiger charge is 2.32. The summed E-state index contributed by atoms with van der Waals surface area (Å²) < 4.78 is 17.1. The van der Waals surface area contributed by atoms with Gasteiger partial charge in [-0.3, -0.25) is 4.21 Å². The Morgan fingerprint density at radius 1 is 1.47 bits per heavy atom. The van der Waals surface area contributed by atoms with Gasteiger partial charge >= 0.3 is 0 Å². The summed E-state index contributed by atoms with van der Waals surface area (Å²) in [6, 6.07) is 8.11. The van der Waals surface area contributed by atoms with Crippen LogP contribution in [0.1, 0.15) is 25.5 Å². The van der Waals surface area contributed by atoms with Crippen LogP contribution in [0.25, 0.3) is 0 Å². The number of nitrogens with one attached hydrogen (secondary N) is 1. The molecular weight excluding hydrogens is 234 g/mol. The monoisotopic (exact) mass is 253 g/mol. The summed E-state index contributed by atoms with van der Waals surface area (Å²) in [4.78, 5) is 0. The molecule has 1 aromatic carbocycles. The maximum Gasteiger partial charge on any atom is 0.119 e. The van der Waals surface area contributed by atoms with E-state index in [9.17, 15) is 4.21 Å². The van der Waals surface area contributed by atoms with E-state index in [-0.39, 0.29) is 11.6 Å². The van der Waals surface area contributed by atoms with Crippen LogP contribution in [0.15, 0.2) is 24.3 Å². The van der Waals surface area contributed by atoms with Gasteiger partial charge in [-0.15, -0.1) is 0 Å². The van der Waals surface area contributed by atoms with Crippen LogP contribution in [0.3, 0.4) is 0 Å². The van der Waals surface area contributed by atoms with E-state index in [1.54, 1.807) is 7.11 Å². The van der Waals surface area contributed by atoms with Crippen molar-refractivity contribution in [2.24, 2.45) is 0 Å². The number of rotatable bonds is 2. The molecule has 0 spiro atoms. The van der Waals surface area contributed by atoms with Crippen LogP contribution >= 0.6 is 0 Å². The topological polar surface area (TPSA) is 38.3 Å². The highest BCUT2D eigenvalue weighted by molar-refractivity contribution is 7.85. The fourth-order valence-corrected chi connectivity index (χ4v) is 3.89. The Bertz CT molecular complexity index is 431. The Kier molecular flexibility index (Phi) is 3.54. The fourth-order valence-electron chi connectivity index (χ4n) is 2.24. The molecule has 2 unspecified atom stereocenters. The first kappa shape index (κ1) is 12.6. The van der Waals surface area contributed by atoms with Gasteiger partial charge in [0.25, 0.3) is 0 Å². The summed E-state index contributed by atoms with van der Waals surface area (Å²) in [7, 11) is 0.910. The van der Waals surface area contributed by atoms with Gasteiger partial charge in [0.2, 0.25) is 0 Å².